The molecule has 2 heterocycles. The Kier molecular flexibility index (Phi) is 3.38. The largest absolute Gasteiger partial charge is 0.354 e. The van der Waals surface area contributed by atoms with Crippen LogP contribution in [-0.2, 0) is 0 Å². The van der Waals surface area contributed by atoms with Gasteiger partial charge in [0, 0.05) is 25.2 Å². The number of nitrogens with zero attached hydrogens (tertiary/aromatic N) is 2. The Morgan fingerprint density at radius 2 is 2.05 bits per heavy atom. The quantitative estimate of drug-likeness (QED) is 0.828. The molecule has 1 atom stereocenters. The maximum Gasteiger partial charge on any atom is 0.167 e. The number of halogens is 2. The minimum absolute atomic E-state index is 0.333. The van der Waals surface area contributed by atoms with E-state index in [4.69, 9.17) is 11.6 Å². The molecule has 2 nitrogen and oxygen atoms in total. The molecule has 0 radical (unpaired) electrons. The third-order valence-electron chi connectivity index (χ3n) is 3.55. The van der Waals surface area contributed by atoms with Crippen LogP contribution >= 0.6 is 11.6 Å². The van der Waals surface area contributed by atoms with Crippen LogP contribution in [0.15, 0.2) is 42.6 Å². The summed E-state index contributed by atoms with van der Waals surface area (Å²) in [6.45, 7) is 1.63. The molecule has 0 saturated carbocycles. The lowest BCUT2D eigenvalue weighted by Crippen LogP contribution is -2.21. The van der Waals surface area contributed by atoms with Crippen molar-refractivity contribution in [2.75, 3.05) is 18.0 Å². The maximum absolute atomic E-state index is 13.8. The summed E-state index contributed by atoms with van der Waals surface area (Å²) in [4.78, 5) is 6.10. The second-order valence-electron chi connectivity index (χ2n) is 4.80. The second-order valence-corrected chi connectivity index (χ2v) is 5.24. The average Bonchev–Trinajstić information content (AvgIpc) is 2.89. The first-order valence-electron chi connectivity index (χ1n) is 6.35. The number of rotatable bonds is 2. The fourth-order valence-corrected chi connectivity index (χ4v) is 2.73. The van der Waals surface area contributed by atoms with Crippen LogP contribution in [-0.4, -0.2) is 18.1 Å². The summed E-state index contributed by atoms with van der Waals surface area (Å²) in [5, 5.41) is 0.333. The van der Waals surface area contributed by atoms with Crippen LogP contribution < -0.4 is 4.90 Å². The van der Waals surface area contributed by atoms with Gasteiger partial charge in [-0.3, -0.25) is 0 Å². The first kappa shape index (κ1) is 12.4. The lowest BCUT2D eigenvalue weighted by atomic mass is 9.99. The molecule has 0 N–H and O–H groups in total. The van der Waals surface area contributed by atoms with Crippen LogP contribution in [0, 0.1) is 5.82 Å². The van der Waals surface area contributed by atoms with Crippen LogP contribution in [0.2, 0.25) is 5.02 Å². The number of hydrogen-bond acceptors (Lipinski definition) is 2. The van der Waals surface area contributed by atoms with E-state index in [-0.39, 0.29) is 5.82 Å². The van der Waals surface area contributed by atoms with Gasteiger partial charge in [-0.05, 0) is 18.1 Å². The van der Waals surface area contributed by atoms with E-state index in [2.05, 4.69) is 17.1 Å². The molecule has 19 heavy (non-hydrogen) atoms. The van der Waals surface area contributed by atoms with Crippen LogP contribution in [0.3, 0.4) is 0 Å². The first-order valence-corrected chi connectivity index (χ1v) is 6.73. The molecule has 2 aromatic rings. The van der Waals surface area contributed by atoms with Gasteiger partial charge >= 0.3 is 0 Å². The van der Waals surface area contributed by atoms with Gasteiger partial charge in [-0.2, -0.15) is 0 Å². The van der Waals surface area contributed by atoms with Crippen molar-refractivity contribution in [1.82, 2.24) is 4.98 Å². The molecule has 0 aliphatic carbocycles. The fourth-order valence-electron chi connectivity index (χ4n) is 2.59. The molecular weight excluding hydrogens is 263 g/mol. The van der Waals surface area contributed by atoms with E-state index in [1.807, 2.05) is 23.1 Å². The van der Waals surface area contributed by atoms with Gasteiger partial charge in [0.15, 0.2) is 11.6 Å². The highest BCUT2D eigenvalue weighted by molar-refractivity contribution is 6.30. The van der Waals surface area contributed by atoms with Crippen LogP contribution in [0.5, 0.6) is 0 Å². The van der Waals surface area contributed by atoms with Crippen LogP contribution in [0.4, 0.5) is 10.2 Å². The first-order chi connectivity index (χ1) is 9.24. The Morgan fingerprint density at radius 3 is 2.79 bits per heavy atom. The van der Waals surface area contributed by atoms with Gasteiger partial charge in [0.25, 0.3) is 0 Å². The number of pyridine rings is 1. The third kappa shape index (κ3) is 2.56. The zero-order valence-corrected chi connectivity index (χ0v) is 11.1. The van der Waals surface area contributed by atoms with Crippen LogP contribution in [0.25, 0.3) is 0 Å². The van der Waals surface area contributed by atoms with Crippen molar-refractivity contribution in [3.63, 3.8) is 0 Å². The van der Waals surface area contributed by atoms with Gasteiger partial charge in [0.1, 0.15) is 0 Å². The van der Waals surface area contributed by atoms with E-state index in [9.17, 15) is 4.39 Å². The van der Waals surface area contributed by atoms with Crippen LogP contribution in [0.1, 0.15) is 17.9 Å². The van der Waals surface area contributed by atoms with Crippen molar-refractivity contribution in [2.24, 2.45) is 0 Å². The number of hydrogen-bond donors (Lipinski definition) is 0. The topological polar surface area (TPSA) is 16.1 Å². The summed E-state index contributed by atoms with van der Waals surface area (Å²) >= 11 is 5.73. The normalized spacial score (nSPS) is 18.8. The fraction of sp³-hybridized carbons (Fsp3) is 0.267. The monoisotopic (exact) mass is 276 g/mol. The van der Waals surface area contributed by atoms with E-state index in [1.165, 1.54) is 17.8 Å². The van der Waals surface area contributed by atoms with E-state index in [0.29, 0.717) is 16.8 Å². The van der Waals surface area contributed by atoms with Crippen molar-refractivity contribution in [3.8, 4) is 0 Å². The highest BCUT2D eigenvalue weighted by Gasteiger charge is 2.26. The second kappa shape index (κ2) is 5.17. The predicted molar refractivity (Wildman–Crippen MR) is 75.2 cm³/mol. The summed E-state index contributed by atoms with van der Waals surface area (Å²) in [6.07, 6.45) is 2.52. The predicted octanol–water partition coefficient (Wildman–Crippen LogP) is 3.87. The molecule has 1 aliphatic heterocycles. The van der Waals surface area contributed by atoms with E-state index >= 15 is 0 Å². The van der Waals surface area contributed by atoms with Gasteiger partial charge < -0.3 is 4.90 Å². The van der Waals surface area contributed by atoms with Gasteiger partial charge in [-0.1, -0.05) is 41.9 Å². The molecule has 1 aromatic heterocycles. The smallest absolute Gasteiger partial charge is 0.167 e. The average molecular weight is 277 g/mol. The molecular formula is C15H14ClFN2. The molecule has 3 rings (SSSR count). The summed E-state index contributed by atoms with van der Waals surface area (Å²) in [6, 6.07) is 11.7. The summed E-state index contributed by atoms with van der Waals surface area (Å²) < 4.78 is 13.8. The minimum Gasteiger partial charge on any atom is -0.354 e. The lowest BCUT2D eigenvalue weighted by Gasteiger charge is -2.18. The number of anilines is 1. The van der Waals surface area contributed by atoms with Crippen molar-refractivity contribution in [3.05, 3.63) is 59.0 Å². The molecule has 98 valence electrons. The molecule has 1 unspecified atom stereocenters. The van der Waals surface area contributed by atoms with Gasteiger partial charge in [0.2, 0.25) is 0 Å². The van der Waals surface area contributed by atoms with E-state index < -0.39 is 0 Å². The zero-order chi connectivity index (χ0) is 13.2. The zero-order valence-electron chi connectivity index (χ0n) is 10.4. The Hall–Kier alpha value is -1.61. The van der Waals surface area contributed by atoms with Gasteiger partial charge in [-0.15, -0.1) is 0 Å². The number of aromatic nitrogens is 1. The van der Waals surface area contributed by atoms with Crippen molar-refractivity contribution >= 4 is 17.4 Å². The SMILES string of the molecule is Fc1cc(Cl)cnc1N1CCC(c2ccccc2)C1. The van der Waals surface area contributed by atoms with Gasteiger partial charge in [0.05, 0.1) is 5.02 Å². The molecule has 4 heteroatoms. The molecule has 0 amide bonds. The standard InChI is InChI=1S/C15H14ClFN2/c16-13-8-14(17)15(18-9-13)19-7-6-12(10-19)11-4-2-1-3-5-11/h1-5,8-9,12H,6-7,10H2. The third-order valence-corrected chi connectivity index (χ3v) is 3.75. The Morgan fingerprint density at radius 1 is 1.26 bits per heavy atom. The molecule has 1 saturated heterocycles. The van der Waals surface area contributed by atoms with Crippen molar-refractivity contribution in [2.45, 2.75) is 12.3 Å². The molecule has 1 aromatic carbocycles. The summed E-state index contributed by atoms with van der Waals surface area (Å²) in [5.41, 5.74) is 1.30. The Balaban J connectivity index is 1.79. The van der Waals surface area contributed by atoms with Crippen molar-refractivity contribution < 1.29 is 4.39 Å². The van der Waals surface area contributed by atoms with Gasteiger partial charge in [-0.25, -0.2) is 9.37 Å². The van der Waals surface area contributed by atoms with E-state index in [0.717, 1.165) is 19.5 Å². The van der Waals surface area contributed by atoms with Crippen molar-refractivity contribution in [1.29, 1.82) is 0 Å². The highest BCUT2D eigenvalue weighted by atomic mass is 35.5. The summed E-state index contributed by atoms with van der Waals surface area (Å²) in [7, 11) is 0. The van der Waals surface area contributed by atoms with E-state index in [1.54, 1.807) is 0 Å². The maximum atomic E-state index is 13.8. The molecule has 1 fully saturated rings. The number of benzene rings is 1. The lowest BCUT2D eigenvalue weighted by molar-refractivity contribution is 0.615. The molecule has 0 spiro atoms. The Bertz CT molecular complexity index is 574. The molecule has 1 aliphatic rings. The Labute approximate surface area is 116 Å². The highest BCUT2D eigenvalue weighted by Crippen LogP contribution is 2.31. The summed E-state index contributed by atoms with van der Waals surface area (Å²) in [5.74, 6) is 0.502. The molecule has 0 bridgehead atoms. The minimum atomic E-state index is -0.346.